The van der Waals surface area contributed by atoms with Gasteiger partial charge in [-0.2, -0.15) is 0 Å². The van der Waals surface area contributed by atoms with E-state index in [2.05, 4.69) is 9.97 Å². The highest BCUT2D eigenvalue weighted by Gasteiger charge is 2.10. The number of benzene rings is 2. The first-order valence-electron chi connectivity index (χ1n) is 7.88. The largest absolute Gasteiger partial charge is 0.486 e. The Bertz CT molecular complexity index is 932. The number of nitrogens with zero attached hydrogens (tertiary/aromatic N) is 2. The van der Waals surface area contributed by atoms with Crippen LogP contribution >= 0.6 is 0 Å². The molecule has 4 N–H and O–H groups in total. The highest BCUT2D eigenvalue weighted by molar-refractivity contribution is 5.94. The second-order valence-corrected chi connectivity index (χ2v) is 5.62. The van der Waals surface area contributed by atoms with E-state index in [-0.39, 0.29) is 18.7 Å². The van der Waals surface area contributed by atoms with Gasteiger partial charge < -0.3 is 16.2 Å². The van der Waals surface area contributed by atoms with E-state index in [1.807, 2.05) is 0 Å². The molecule has 6 nitrogen and oxygen atoms in total. The van der Waals surface area contributed by atoms with Gasteiger partial charge >= 0.3 is 0 Å². The molecule has 0 radical (unpaired) electrons. The number of carbonyl (C=O) groups is 1. The van der Waals surface area contributed by atoms with E-state index in [1.54, 1.807) is 36.7 Å². The SMILES string of the molecule is NCc1cc(F)cc(-c2cc(OCc3ncccn3)cc(C(N)=O)c2)c1. The minimum absolute atomic E-state index is 0.125. The molecule has 1 amide bonds. The summed E-state index contributed by atoms with van der Waals surface area (Å²) in [6.07, 6.45) is 3.22. The number of amides is 1. The first-order valence-corrected chi connectivity index (χ1v) is 7.88. The average molecular weight is 352 g/mol. The minimum Gasteiger partial charge on any atom is -0.486 e. The van der Waals surface area contributed by atoms with Crippen LogP contribution in [-0.4, -0.2) is 15.9 Å². The van der Waals surface area contributed by atoms with E-state index in [0.717, 1.165) is 0 Å². The number of hydrogen-bond donors (Lipinski definition) is 2. The fraction of sp³-hybridized carbons (Fsp3) is 0.105. The number of primary amides is 1. The summed E-state index contributed by atoms with van der Waals surface area (Å²) in [5.74, 6) is -0.118. The van der Waals surface area contributed by atoms with Gasteiger partial charge in [0, 0.05) is 24.5 Å². The van der Waals surface area contributed by atoms with Crippen LogP contribution in [0.2, 0.25) is 0 Å². The molecule has 0 bridgehead atoms. The van der Waals surface area contributed by atoms with Gasteiger partial charge in [0.1, 0.15) is 18.2 Å². The van der Waals surface area contributed by atoms with E-state index in [9.17, 15) is 9.18 Å². The summed E-state index contributed by atoms with van der Waals surface area (Å²) in [4.78, 5) is 19.8. The van der Waals surface area contributed by atoms with Crippen molar-refractivity contribution in [2.75, 3.05) is 0 Å². The third-order valence-corrected chi connectivity index (χ3v) is 3.70. The Morgan fingerprint density at radius 3 is 2.46 bits per heavy atom. The van der Waals surface area contributed by atoms with Crippen molar-refractivity contribution in [2.24, 2.45) is 11.5 Å². The molecule has 26 heavy (non-hydrogen) atoms. The molecule has 0 aliphatic carbocycles. The molecule has 0 saturated heterocycles. The molecule has 1 aromatic heterocycles. The van der Waals surface area contributed by atoms with Crippen molar-refractivity contribution in [1.82, 2.24) is 9.97 Å². The van der Waals surface area contributed by atoms with Gasteiger partial charge in [0.2, 0.25) is 5.91 Å². The van der Waals surface area contributed by atoms with Crippen molar-refractivity contribution < 1.29 is 13.9 Å². The Morgan fingerprint density at radius 1 is 1.04 bits per heavy atom. The van der Waals surface area contributed by atoms with Crippen molar-refractivity contribution in [3.8, 4) is 16.9 Å². The Morgan fingerprint density at radius 2 is 1.77 bits per heavy atom. The van der Waals surface area contributed by atoms with E-state index in [1.165, 1.54) is 18.2 Å². The molecule has 0 aliphatic heterocycles. The Labute approximate surface area is 149 Å². The summed E-state index contributed by atoms with van der Waals surface area (Å²) in [5, 5.41) is 0. The van der Waals surface area contributed by atoms with Gasteiger partial charge in [0.25, 0.3) is 0 Å². The molecule has 0 fully saturated rings. The van der Waals surface area contributed by atoms with Crippen LogP contribution < -0.4 is 16.2 Å². The fourth-order valence-corrected chi connectivity index (χ4v) is 2.48. The predicted molar refractivity (Wildman–Crippen MR) is 94.6 cm³/mol. The van der Waals surface area contributed by atoms with E-state index in [4.69, 9.17) is 16.2 Å². The normalized spacial score (nSPS) is 10.5. The van der Waals surface area contributed by atoms with Gasteiger partial charge in [0.15, 0.2) is 5.82 Å². The maximum atomic E-state index is 13.8. The number of carbonyl (C=O) groups excluding carboxylic acids is 1. The Kier molecular flexibility index (Phi) is 5.19. The summed E-state index contributed by atoms with van der Waals surface area (Å²) >= 11 is 0. The molecule has 0 aliphatic rings. The lowest BCUT2D eigenvalue weighted by atomic mass is 10.00. The summed E-state index contributed by atoms with van der Waals surface area (Å²) in [7, 11) is 0. The molecule has 3 aromatic rings. The lowest BCUT2D eigenvalue weighted by molar-refractivity contribution is 0.1000. The lowest BCUT2D eigenvalue weighted by Crippen LogP contribution is -2.11. The molecule has 1 heterocycles. The monoisotopic (exact) mass is 352 g/mol. The molecule has 0 spiro atoms. The average Bonchev–Trinajstić information content (AvgIpc) is 2.66. The highest BCUT2D eigenvalue weighted by atomic mass is 19.1. The molecule has 0 saturated carbocycles. The number of aromatic nitrogens is 2. The third-order valence-electron chi connectivity index (χ3n) is 3.70. The number of halogens is 1. The molecule has 7 heteroatoms. The fourth-order valence-electron chi connectivity index (χ4n) is 2.48. The third kappa shape index (κ3) is 4.20. The standard InChI is InChI=1S/C19H17FN4O2/c20-16-5-12(10-21)4-13(7-16)14-6-15(19(22)25)9-17(8-14)26-11-18-23-2-1-3-24-18/h1-9H,10-11,21H2,(H2,22,25). The van der Waals surface area contributed by atoms with Gasteiger partial charge in [-0.1, -0.05) is 0 Å². The quantitative estimate of drug-likeness (QED) is 0.709. The molecule has 0 atom stereocenters. The summed E-state index contributed by atoms with van der Waals surface area (Å²) < 4.78 is 19.5. The van der Waals surface area contributed by atoms with Crippen LogP contribution in [0.25, 0.3) is 11.1 Å². The number of rotatable bonds is 6. The second kappa shape index (κ2) is 7.71. The predicted octanol–water partition coefficient (Wildman–Crippen LogP) is 2.42. The molecule has 132 valence electrons. The van der Waals surface area contributed by atoms with Gasteiger partial charge in [-0.3, -0.25) is 4.79 Å². The molecular formula is C19H17FN4O2. The van der Waals surface area contributed by atoms with Crippen molar-refractivity contribution in [3.05, 3.63) is 77.6 Å². The first kappa shape index (κ1) is 17.5. The zero-order valence-corrected chi connectivity index (χ0v) is 13.9. The van der Waals surface area contributed by atoms with Crippen molar-refractivity contribution in [2.45, 2.75) is 13.2 Å². The first-order chi connectivity index (χ1) is 12.5. The van der Waals surface area contributed by atoms with Crippen molar-refractivity contribution in [3.63, 3.8) is 0 Å². The van der Waals surface area contributed by atoms with Crippen LogP contribution in [0.1, 0.15) is 21.7 Å². The molecular weight excluding hydrogens is 335 g/mol. The van der Waals surface area contributed by atoms with Crippen LogP contribution in [0.5, 0.6) is 5.75 Å². The lowest BCUT2D eigenvalue weighted by Gasteiger charge is -2.11. The summed E-state index contributed by atoms with van der Waals surface area (Å²) in [6.45, 7) is 0.328. The maximum Gasteiger partial charge on any atom is 0.248 e. The van der Waals surface area contributed by atoms with Gasteiger partial charge in [-0.25, -0.2) is 14.4 Å². The van der Waals surface area contributed by atoms with E-state index >= 15 is 0 Å². The van der Waals surface area contributed by atoms with E-state index in [0.29, 0.717) is 28.3 Å². The Balaban J connectivity index is 1.96. The number of nitrogens with two attached hydrogens (primary N) is 2. The number of hydrogen-bond acceptors (Lipinski definition) is 5. The molecule has 2 aromatic carbocycles. The second-order valence-electron chi connectivity index (χ2n) is 5.62. The van der Waals surface area contributed by atoms with Crippen molar-refractivity contribution in [1.29, 1.82) is 0 Å². The van der Waals surface area contributed by atoms with Gasteiger partial charge in [-0.15, -0.1) is 0 Å². The summed E-state index contributed by atoms with van der Waals surface area (Å²) in [5.41, 5.74) is 13.1. The van der Waals surface area contributed by atoms with Gasteiger partial charge in [0.05, 0.1) is 0 Å². The van der Waals surface area contributed by atoms with Crippen molar-refractivity contribution >= 4 is 5.91 Å². The summed E-state index contributed by atoms with van der Waals surface area (Å²) in [6, 6.07) is 11.0. The van der Waals surface area contributed by atoms with Crippen LogP contribution in [0, 0.1) is 5.82 Å². The zero-order valence-electron chi connectivity index (χ0n) is 13.9. The molecule has 3 rings (SSSR count). The van der Waals surface area contributed by atoms with Crippen LogP contribution in [0.3, 0.4) is 0 Å². The van der Waals surface area contributed by atoms with Gasteiger partial charge in [-0.05, 0) is 59.2 Å². The smallest absolute Gasteiger partial charge is 0.248 e. The van der Waals surface area contributed by atoms with E-state index < -0.39 is 11.7 Å². The zero-order chi connectivity index (χ0) is 18.5. The molecule has 0 unspecified atom stereocenters. The highest BCUT2D eigenvalue weighted by Crippen LogP contribution is 2.28. The van der Waals surface area contributed by atoms with Crippen LogP contribution in [-0.2, 0) is 13.2 Å². The minimum atomic E-state index is -0.608. The van der Waals surface area contributed by atoms with Crippen LogP contribution in [0.15, 0.2) is 54.9 Å². The topological polar surface area (TPSA) is 104 Å². The number of ether oxygens (including phenoxy) is 1. The van der Waals surface area contributed by atoms with Crippen LogP contribution in [0.4, 0.5) is 4.39 Å². The Hall–Kier alpha value is -3.32. The maximum absolute atomic E-state index is 13.8.